The van der Waals surface area contributed by atoms with Crippen LogP contribution in [0.2, 0.25) is 0 Å². The molecule has 0 spiro atoms. The Hall–Kier alpha value is -1.96. The van der Waals surface area contributed by atoms with Crippen LogP contribution in [-0.2, 0) is 14.3 Å². The summed E-state index contributed by atoms with van der Waals surface area (Å²) in [5.74, 6) is -0.416. The molecule has 1 aromatic rings. The quantitative estimate of drug-likeness (QED) is 0.609. The van der Waals surface area contributed by atoms with E-state index in [9.17, 15) is 14.7 Å². The fourth-order valence-corrected chi connectivity index (χ4v) is 2.11. The highest BCUT2D eigenvalue weighted by atomic mass is 16.5. The van der Waals surface area contributed by atoms with Crippen molar-refractivity contribution in [3.63, 3.8) is 0 Å². The van der Waals surface area contributed by atoms with E-state index in [0.29, 0.717) is 24.3 Å². The third-order valence-corrected chi connectivity index (χ3v) is 3.14. The zero-order valence-corrected chi connectivity index (χ0v) is 11.8. The first-order valence-electron chi connectivity index (χ1n) is 6.69. The number of carbonyl (C=O) groups excluding carboxylic acids is 2. The van der Waals surface area contributed by atoms with Crippen molar-refractivity contribution in [1.29, 1.82) is 0 Å². The lowest BCUT2D eigenvalue weighted by Gasteiger charge is -2.11. The molecule has 1 heterocycles. The largest absolute Gasteiger partial charge is 0.392 e. The summed E-state index contributed by atoms with van der Waals surface area (Å²) in [6, 6.07) is 6.42. The van der Waals surface area contributed by atoms with E-state index in [-0.39, 0.29) is 24.5 Å². The van der Waals surface area contributed by atoms with Gasteiger partial charge in [-0.1, -0.05) is 0 Å². The van der Waals surface area contributed by atoms with Gasteiger partial charge >= 0.3 is 0 Å². The van der Waals surface area contributed by atoms with Crippen LogP contribution in [0.4, 0.5) is 11.4 Å². The van der Waals surface area contributed by atoms with Crippen molar-refractivity contribution in [3.8, 4) is 0 Å². The number of β-amino-alcohol motifs (C(OH)–C–C–N with tert-alkyl or cyclic N) is 1. The van der Waals surface area contributed by atoms with Gasteiger partial charge in [0.05, 0.1) is 12.1 Å². The van der Waals surface area contributed by atoms with Gasteiger partial charge in [-0.3, -0.25) is 9.59 Å². The molecular formula is C14H19N3O4. The molecule has 4 N–H and O–H groups in total. The molecule has 0 saturated carbocycles. The van der Waals surface area contributed by atoms with Gasteiger partial charge in [0.15, 0.2) is 0 Å². The predicted octanol–water partition coefficient (Wildman–Crippen LogP) is -0.0672. The number of aliphatic hydroxyl groups is 1. The lowest BCUT2D eigenvalue weighted by molar-refractivity contribution is -0.119. The molecule has 0 aliphatic carbocycles. The van der Waals surface area contributed by atoms with Gasteiger partial charge in [0.1, 0.15) is 6.61 Å². The molecule has 1 aromatic carbocycles. The number of hydrogen-bond acceptors (Lipinski definition) is 5. The van der Waals surface area contributed by atoms with Gasteiger partial charge in [-0.15, -0.1) is 0 Å². The Morgan fingerprint density at radius 3 is 2.43 bits per heavy atom. The van der Waals surface area contributed by atoms with E-state index in [0.717, 1.165) is 0 Å². The number of methoxy groups -OCH3 is 1. The Bertz CT molecular complexity index is 503. The maximum absolute atomic E-state index is 11.9. The lowest BCUT2D eigenvalue weighted by Crippen LogP contribution is -2.35. The fraction of sp³-hybridized carbons (Fsp3) is 0.429. The van der Waals surface area contributed by atoms with Gasteiger partial charge in [0.25, 0.3) is 0 Å². The number of aliphatic hydroxyl groups excluding tert-OH is 1. The fourth-order valence-electron chi connectivity index (χ4n) is 2.11. The summed E-state index contributed by atoms with van der Waals surface area (Å²) in [6.07, 6.45) is -0.0594. The molecule has 0 bridgehead atoms. The Balaban J connectivity index is 1.87. The van der Waals surface area contributed by atoms with Crippen LogP contribution in [0.25, 0.3) is 0 Å². The number of hydrogen-bond donors (Lipinski definition) is 4. The van der Waals surface area contributed by atoms with Crippen LogP contribution >= 0.6 is 0 Å². The average molecular weight is 293 g/mol. The number of anilines is 2. The first-order valence-corrected chi connectivity index (χ1v) is 6.69. The number of benzene rings is 1. The maximum atomic E-state index is 11.9. The molecule has 2 rings (SSSR count). The van der Waals surface area contributed by atoms with Crippen LogP contribution in [0.1, 0.15) is 6.42 Å². The molecule has 2 amide bonds. The first-order chi connectivity index (χ1) is 10.1. The second kappa shape index (κ2) is 7.16. The average Bonchev–Trinajstić information content (AvgIpc) is 2.88. The van der Waals surface area contributed by atoms with Crippen molar-refractivity contribution < 1.29 is 19.4 Å². The van der Waals surface area contributed by atoms with E-state index in [1.54, 1.807) is 24.3 Å². The molecule has 0 radical (unpaired) electrons. The minimum atomic E-state index is -0.473. The smallest absolute Gasteiger partial charge is 0.250 e. The standard InChI is InChI=1S/C14H19N3O4/c1-21-8-13(19)16-9-2-4-10(5-3-9)17-14(20)12-6-11(18)7-15-12/h2-5,11-12,15,18H,6-8H2,1H3,(H,16,19)(H,17,20). The van der Waals surface area contributed by atoms with Gasteiger partial charge < -0.3 is 25.8 Å². The molecule has 1 aliphatic rings. The normalized spacial score (nSPS) is 21.0. The van der Waals surface area contributed by atoms with E-state index < -0.39 is 6.10 Å². The molecule has 2 unspecified atom stereocenters. The van der Waals surface area contributed by atoms with E-state index in [1.807, 2.05) is 0 Å². The summed E-state index contributed by atoms with van der Waals surface area (Å²) < 4.78 is 4.72. The highest BCUT2D eigenvalue weighted by molar-refractivity contribution is 5.96. The molecule has 7 nitrogen and oxygen atoms in total. The Morgan fingerprint density at radius 2 is 1.90 bits per heavy atom. The monoisotopic (exact) mass is 293 g/mol. The summed E-state index contributed by atoms with van der Waals surface area (Å²) in [6.45, 7) is 0.427. The highest BCUT2D eigenvalue weighted by Gasteiger charge is 2.27. The zero-order chi connectivity index (χ0) is 15.2. The maximum Gasteiger partial charge on any atom is 0.250 e. The van der Waals surface area contributed by atoms with Crippen LogP contribution in [0.15, 0.2) is 24.3 Å². The van der Waals surface area contributed by atoms with Crippen molar-refractivity contribution in [3.05, 3.63) is 24.3 Å². The third kappa shape index (κ3) is 4.52. The molecule has 1 aliphatic heterocycles. The Labute approximate surface area is 122 Å². The second-order valence-electron chi connectivity index (χ2n) is 4.90. The van der Waals surface area contributed by atoms with Crippen LogP contribution in [-0.4, -0.2) is 49.3 Å². The molecule has 0 aromatic heterocycles. The Morgan fingerprint density at radius 1 is 1.29 bits per heavy atom. The minimum absolute atomic E-state index is 0.00579. The van der Waals surface area contributed by atoms with Gasteiger partial charge in [0, 0.05) is 25.0 Å². The molecule has 114 valence electrons. The van der Waals surface area contributed by atoms with Crippen molar-refractivity contribution in [1.82, 2.24) is 5.32 Å². The minimum Gasteiger partial charge on any atom is -0.392 e. The third-order valence-electron chi connectivity index (χ3n) is 3.14. The van der Waals surface area contributed by atoms with Crippen LogP contribution in [0.3, 0.4) is 0 Å². The van der Waals surface area contributed by atoms with Gasteiger partial charge in [-0.25, -0.2) is 0 Å². The van der Waals surface area contributed by atoms with Crippen molar-refractivity contribution in [2.75, 3.05) is 30.9 Å². The summed E-state index contributed by atoms with van der Waals surface area (Å²) in [5.41, 5.74) is 1.26. The van der Waals surface area contributed by atoms with Gasteiger partial charge in [-0.05, 0) is 30.7 Å². The molecule has 1 saturated heterocycles. The SMILES string of the molecule is COCC(=O)Nc1ccc(NC(=O)C2CC(O)CN2)cc1. The van der Waals surface area contributed by atoms with Gasteiger partial charge in [-0.2, -0.15) is 0 Å². The predicted molar refractivity (Wildman–Crippen MR) is 78.0 cm³/mol. The number of carbonyl (C=O) groups is 2. The van der Waals surface area contributed by atoms with Crippen molar-refractivity contribution in [2.24, 2.45) is 0 Å². The van der Waals surface area contributed by atoms with Crippen molar-refractivity contribution >= 4 is 23.2 Å². The first kappa shape index (κ1) is 15.4. The second-order valence-corrected chi connectivity index (χ2v) is 4.90. The van der Waals surface area contributed by atoms with E-state index in [2.05, 4.69) is 16.0 Å². The van der Waals surface area contributed by atoms with Crippen LogP contribution in [0.5, 0.6) is 0 Å². The molecule has 7 heteroatoms. The van der Waals surface area contributed by atoms with Crippen LogP contribution in [0, 0.1) is 0 Å². The van der Waals surface area contributed by atoms with E-state index in [1.165, 1.54) is 7.11 Å². The summed E-state index contributed by atoms with van der Waals surface area (Å²) in [5, 5.41) is 17.8. The molecule has 21 heavy (non-hydrogen) atoms. The number of amides is 2. The number of nitrogens with one attached hydrogen (secondary N) is 3. The summed E-state index contributed by atoms with van der Waals surface area (Å²) >= 11 is 0. The van der Waals surface area contributed by atoms with E-state index >= 15 is 0 Å². The van der Waals surface area contributed by atoms with Gasteiger partial charge in [0.2, 0.25) is 11.8 Å². The number of rotatable bonds is 5. The summed E-state index contributed by atoms with van der Waals surface area (Å²) in [4.78, 5) is 23.3. The lowest BCUT2D eigenvalue weighted by atomic mass is 10.2. The van der Waals surface area contributed by atoms with Crippen molar-refractivity contribution in [2.45, 2.75) is 18.6 Å². The molecule has 2 atom stereocenters. The topological polar surface area (TPSA) is 99.7 Å². The van der Waals surface area contributed by atoms with Crippen LogP contribution < -0.4 is 16.0 Å². The summed E-state index contributed by atoms with van der Waals surface area (Å²) in [7, 11) is 1.45. The Kier molecular flexibility index (Phi) is 5.26. The van der Waals surface area contributed by atoms with E-state index in [4.69, 9.17) is 4.74 Å². The number of ether oxygens (including phenoxy) is 1. The molecule has 1 fully saturated rings. The zero-order valence-electron chi connectivity index (χ0n) is 11.8. The highest BCUT2D eigenvalue weighted by Crippen LogP contribution is 2.15. The molecular weight excluding hydrogens is 274 g/mol.